The van der Waals surface area contributed by atoms with Crippen molar-refractivity contribution in [2.24, 2.45) is 5.92 Å². The Bertz CT molecular complexity index is 1220. The first-order valence-electron chi connectivity index (χ1n) is 9.44. The third-order valence-corrected chi connectivity index (χ3v) is 5.93. The van der Waals surface area contributed by atoms with Crippen LogP contribution in [0.5, 0.6) is 0 Å². The molecule has 1 aliphatic carbocycles. The van der Waals surface area contributed by atoms with Gasteiger partial charge in [0.1, 0.15) is 17.4 Å². The molecule has 0 fully saturated rings. The highest BCUT2D eigenvalue weighted by Crippen LogP contribution is 2.30. The predicted octanol–water partition coefficient (Wildman–Crippen LogP) is 3.53. The Morgan fingerprint density at radius 3 is 3.03 bits per heavy atom. The zero-order valence-corrected chi connectivity index (χ0v) is 18.0. The van der Waals surface area contributed by atoms with Crippen LogP contribution >= 0.6 is 22.9 Å². The van der Waals surface area contributed by atoms with E-state index in [4.69, 9.17) is 16.9 Å². The molecule has 4 N–H and O–H groups in total. The fourth-order valence-electron chi connectivity index (χ4n) is 3.17. The molecule has 10 nitrogen and oxygen atoms in total. The minimum atomic E-state index is -0.398. The number of urea groups is 1. The van der Waals surface area contributed by atoms with E-state index in [0.717, 1.165) is 15.9 Å². The van der Waals surface area contributed by atoms with E-state index in [2.05, 4.69) is 47.2 Å². The average Bonchev–Trinajstić information content (AvgIpc) is 3.37. The number of nitrogens with zero attached hydrogens (tertiary/aromatic N) is 5. The summed E-state index contributed by atoms with van der Waals surface area (Å²) in [5.41, 5.74) is 2.69. The van der Waals surface area contributed by atoms with Gasteiger partial charge in [0.05, 0.1) is 22.9 Å². The van der Waals surface area contributed by atoms with Crippen molar-refractivity contribution in [1.82, 2.24) is 30.5 Å². The summed E-state index contributed by atoms with van der Waals surface area (Å²) in [6.45, 7) is 2.53. The van der Waals surface area contributed by atoms with E-state index in [1.807, 2.05) is 6.92 Å². The molecule has 1 aliphatic rings. The van der Waals surface area contributed by atoms with Crippen molar-refractivity contribution in [3.05, 3.63) is 46.0 Å². The van der Waals surface area contributed by atoms with Gasteiger partial charge in [-0.1, -0.05) is 18.5 Å². The average molecular weight is 456 g/mol. The summed E-state index contributed by atoms with van der Waals surface area (Å²) in [5, 5.41) is 25.6. The number of nitrogens with one attached hydrogen (secondary N) is 4. The van der Waals surface area contributed by atoms with E-state index in [1.165, 1.54) is 17.7 Å². The quantitative estimate of drug-likeness (QED) is 0.445. The van der Waals surface area contributed by atoms with Gasteiger partial charge in [0.15, 0.2) is 10.9 Å². The van der Waals surface area contributed by atoms with Crippen molar-refractivity contribution in [2.75, 3.05) is 17.2 Å². The number of halogens is 1. The van der Waals surface area contributed by atoms with Crippen LogP contribution in [-0.4, -0.2) is 37.7 Å². The van der Waals surface area contributed by atoms with Crippen LogP contribution in [-0.2, 0) is 6.42 Å². The number of hydrogen-bond acceptors (Lipinski definition) is 8. The summed E-state index contributed by atoms with van der Waals surface area (Å²) in [6, 6.07) is 1.71. The first-order chi connectivity index (χ1) is 15.0. The summed E-state index contributed by atoms with van der Waals surface area (Å²) in [6.07, 6.45) is 7.72. The second kappa shape index (κ2) is 9.11. The number of hydrogen-bond donors (Lipinski definition) is 4. The van der Waals surface area contributed by atoms with Gasteiger partial charge < -0.3 is 10.6 Å². The molecule has 12 heteroatoms. The number of rotatable bonds is 6. The summed E-state index contributed by atoms with van der Waals surface area (Å²) in [4.78, 5) is 25.9. The molecule has 2 amide bonds. The first kappa shape index (κ1) is 20.8. The summed E-state index contributed by atoms with van der Waals surface area (Å²) in [7, 11) is 0. The molecule has 0 bridgehead atoms. The van der Waals surface area contributed by atoms with Crippen molar-refractivity contribution >= 4 is 51.0 Å². The van der Waals surface area contributed by atoms with Crippen LogP contribution in [0, 0.1) is 17.2 Å². The maximum atomic E-state index is 12.3. The fraction of sp³-hybridized carbons (Fsp3) is 0.263. The molecule has 0 aromatic carbocycles. The summed E-state index contributed by atoms with van der Waals surface area (Å²) < 4.78 is 0. The molecule has 0 radical (unpaired) electrons. The van der Waals surface area contributed by atoms with Crippen LogP contribution < -0.4 is 16.0 Å². The van der Waals surface area contributed by atoms with Gasteiger partial charge in [0.2, 0.25) is 0 Å². The molecule has 31 heavy (non-hydrogen) atoms. The molecule has 3 heterocycles. The lowest BCUT2D eigenvalue weighted by atomic mass is 9.92. The van der Waals surface area contributed by atoms with Gasteiger partial charge in [-0.3, -0.25) is 10.4 Å². The molecule has 0 aliphatic heterocycles. The Hall–Kier alpha value is -3.49. The Morgan fingerprint density at radius 1 is 1.35 bits per heavy atom. The van der Waals surface area contributed by atoms with E-state index < -0.39 is 6.03 Å². The van der Waals surface area contributed by atoms with Crippen LogP contribution in [0.15, 0.2) is 41.1 Å². The number of allylic oxidation sites excluding steroid dienone is 4. The number of amides is 2. The first-order valence-corrected chi connectivity index (χ1v) is 10.6. The normalized spacial score (nSPS) is 16.0. The molecule has 158 valence electrons. The molecular formula is C19H18ClN9OS. The molecule has 0 saturated heterocycles. The number of carbonyl (C=O) groups excluding carboxylic acids is 1. The van der Waals surface area contributed by atoms with Gasteiger partial charge in [-0.05, 0) is 18.4 Å². The SMILES string of the molecule is CC1CC(NC(=O)Nc2ncc(CCNc3ncnc4cn[nH]c34)s2)=CC(Cl)=C1C#N. The van der Waals surface area contributed by atoms with Crippen molar-refractivity contribution in [3.8, 4) is 6.07 Å². The number of aromatic nitrogens is 5. The number of thiazole rings is 1. The molecule has 1 atom stereocenters. The number of aromatic amines is 1. The van der Waals surface area contributed by atoms with E-state index in [1.54, 1.807) is 18.5 Å². The highest BCUT2D eigenvalue weighted by atomic mass is 35.5. The number of nitriles is 1. The van der Waals surface area contributed by atoms with E-state index in [-0.39, 0.29) is 5.92 Å². The van der Waals surface area contributed by atoms with E-state index in [9.17, 15) is 4.79 Å². The van der Waals surface area contributed by atoms with E-state index in [0.29, 0.717) is 46.6 Å². The van der Waals surface area contributed by atoms with E-state index >= 15 is 0 Å². The van der Waals surface area contributed by atoms with Crippen molar-refractivity contribution in [1.29, 1.82) is 5.26 Å². The smallest absolute Gasteiger partial charge is 0.325 e. The largest absolute Gasteiger partial charge is 0.368 e. The molecule has 3 aromatic rings. The number of fused-ring (bicyclic) bond motifs is 1. The molecule has 3 aromatic heterocycles. The topological polar surface area (TPSA) is 144 Å². The Balaban J connectivity index is 1.29. The standard InChI is InChI=1S/C19H18ClN9OS/c1-10-4-11(5-14(20)13(10)6-21)27-18(30)28-19-23-7-12(31-19)2-3-22-17-16-15(8-26-29-16)24-9-25-17/h5,7-10H,2-4H2,1H3,(H,26,29)(H,22,24,25)(H2,23,27,28,30). The third-order valence-electron chi connectivity index (χ3n) is 4.65. The zero-order valence-electron chi connectivity index (χ0n) is 16.4. The van der Waals surface area contributed by atoms with Crippen LogP contribution in [0.1, 0.15) is 18.2 Å². The molecule has 0 saturated carbocycles. The van der Waals surface area contributed by atoms with Crippen molar-refractivity contribution < 1.29 is 4.79 Å². The maximum absolute atomic E-state index is 12.3. The van der Waals surface area contributed by atoms with Crippen LogP contribution in [0.25, 0.3) is 11.0 Å². The number of carbonyl (C=O) groups is 1. The van der Waals surface area contributed by atoms with Crippen molar-refractivity contribution in [2.45, 2.75) is 19.8 Å². The fourth-order valence-corrected chi connectivity index (χ4v) is 4.33. The third kappa shape index (κ3) is 4.82. The minimum absolute atomic E-state index is 0.0466. The minimum Gasteiger partial charge on any atom is -0.368 e. The number of H-pyrrole nitrogens is 1. The molecular weight excluding hydrogens is 438 g/mol. The lowest BCUT2D eigenvalue weighted by Gasteiger charge is -2.19. The monoisotopic (exact) mass is 455 g/mol. The second-order valence-electron chi connectivity index (χ2n) is 6.89. The predicted molar refractivity (Wildman–Crippen MR) is 119 cm³/mol. The van der Waals surface area contributed by atoms with Crippen LogP contribution in [0.4, 0.5) is 15.7 Å². The molecule has 1 unspecified atom stereocenters. The van der Waals surface area contributed by atoms with Gasteiger partial charge in [-0.15, -0.1) is 11.3 Å². The Morgan fingerprint density at radius 2 is 2.23 bits per heavy atom. The molecule has 0 spiro atoms. The maximum Gasteiger partial charge on any atom is 0.325 e. The van der Waals surface area contributed by atoms with Crippen LogP contribution in [0.3, 0.4) is 0 Å². The van der Waals surface area contributed by atoms with Crippen molar-refractivity contribution in [3.63, 3.8) is 0 Å². The highest BCUT2D eigenvalue weighted by molar-refractivity contribution is 7.15. The Labute approximate surface area is 186 Å². The zero-order chi connectivity index (χ0) is 21.8. The molecule has 4 rings (SSSR count). The lowest BCUT2D eigenvalue weighted by Crippen LogP contribution is -2.30. The summed E-state index contributed by atoms with van der Waals surface area (Å²) in [5.74, 6) is 0.640. The van der Waals surface area contributed by atoms with Gasteiger partial charge in [-0.25, -0.2) is 19.7 Å². The summed E-state index contributed by atoms with van der Waals surface area (Å²) >= 11 is 7.51. The van der Waals surface area contributed by atoms with Crippen LogP contribution in [0.2, 0.25) is 0 Å². The van der Waals surface area contributed by atoms with Gasteiger partial charge >= 0.3 is 6.03 Å². The Kier molecular flexibility index (Phi) is 6.11. The van der Waals surface area contributed by atoms with Gasteiger partial charge in [0, 0.05) is 29.7 Å². The lowest BCUT2D eigenvalue weighted by molar-refractivity contribution is 0.254. The highest BCUT2D eigenvalue weighted by Gasteiger charge is 2.21. The second-order valence-corrected chi connectivity index (χ2v) is 8.41. The van der Waals surface area contributed by atoms with Gasteiger partial charge in [0.25, 0.3) is 0 Å². The number of anilines is 2. The van der Waals surface area contributed by atoms with Gasteiger partial charge in [-0.2, -0.15) is 10.4 Å².